The zero-order valence-electron chi connectivity index (χ0n) is 12.7. The van der Waals surface area contributed by atoms with Crippen LogP contribution in [0.5, 0.6) is 0 Å². The van der Waals surface area contributed by atoms with Crippen LogP contribution >= 0.6 is 11.3 Å². The van der Waals surface area contributed by atoms with Gasteiger partial charge in [0.05, 0.1) is 30.5 Å². The van der Waals surface area contributed by atoms with Crippen LogP contribution in [-0.2, 0) is 22.4 Å². The van der Waals surface area contributed by atoms with Gasteiger partial charge in [0.1, 0.15) is 0 Å². The van der Waals surface area contributed by atoms with Crippen LogP contribution in [0.2, 0.25) is 0 Å². The van der Waals surface area contributed by atoms with Crippen molar-refractivity contribution in [3.63, 3.8) is 0 Å². The normalized spacial score (nSPS) is 12.1. The van der Waals surface area contributed by atoms with Crippen molar-refractivity contribution in [3.05, 3.63) is 15.6 Å². The van der Waals surface area contributed by atoms with E-state index in [-0.39, 0.29) is 5.54 Å². The molecule has 0 aliphatic heterocycles. The van der Waals surface area contributed by atoms with Crippen molar-refractivity contribution >= 4 is 11.3 Å². The van der Waals surface area contributed by atoms with E-state index in [4.69, 9.17) is 9.47 Å². The zero-order chi connectivity index (χ0) is 14.3. The highest BCUT2D eigenvalue weighted by atomic mass is 32.1. The van der Waals surface area contributed by atoms with Gasteiger partial charge < -0.3 is 14.8 Å². The fourth-order valence-electron chi connectivity index (χ4n) is 1.51. The van der Waals surface area contributed by atoms with Crippen LogP contribution in [0.3, 0.4) is 0 Å². The Balaban J connectivity index is 2.36. The quantitative estimate of drug-likeness (QED) is 0.746. The predicted octanol–water partition coefficient (Wildman–Crippen LogP) is 2.55. The average Bonchev–Trinajstić information content (AvgIpc) is 2.66. The molecule has 1 rings (SSSR count). The molecule has 1 aromatic heterocycles. The summed E-state index contributed by atoms with van der Waals surface area (Å²) >= 11 is 1.78. The van der Waals surface area contributed by atoms with E-state index in [1.165, 1.54) is 4.88 Å². The zero-order valence-corrected chi connectivity index (χ0v) is 13.5. The summed E-state index contributed by atoms with van der Waals surface area (Å²) in [5.41, 5.74) is 1.27. The largest absolute Gasteiger partial charge is 0.382 e. The maximum Gasteiger partial charge on any atom is 0.0954 e. The number of thiazole rings is 1. The van der Waals surface area contributed by atoms with Crippen molar-refractivity contribution in [2.45, 2.75) is 46.2 Å². The molecule has 0 saturated heterocycles. The molecule has 0 amide bonds. The van der Waals surface area contributed by atoms with Crippen LogP contribution in [0.25, 0.3) is 0 Å². The van der Waals surface area contributed by atoms with Crippen molar-refractivity contribution in [2.24, 2.45) is 0 Å². The van der Waals surface area contributed by atoms with Crippen molar-refractivity contribution in [2.75, 3.05) is 26.9 Å². The van der Waals surface area contributed by atoms with Crippen molar-refractivity contribution in [3.8, 4) is 0 Å². The summed E-state index contributed by atoms with van der Waals surface area (Å²) in [5.74, 6) is 0. The lowest BCUT2D eigenvalue weighted by Gasteiger charge is -2.19. The van der Waals surface area contributed by atoms with Crippen LogP contribution in [0, 0.1) is 6.92 Å². The van der Waals surface area contributed by atoms with Gasteiger partial charge in [0.15, 0.2) is 0 Å². The number of hydrogen-bond donors (Lipinski definition) is 1. The lowest BCUT2D eigenvalue weighted by molar-refractivity contribution is 0.0722. The molecule has 1 aromatic rings. The summed E-state index contributed by atoms with van der Waals surface area (Å²) in [4.78, 5) is 5.92. The molecule has 0 fully saturated rings. The number of ether oxygens (including phenoxy) is 2. The molecule has 19 heavy (non-hydrogen) atoms. The molecule has 0 unspecified atom stereocenters. The van der Waals surface area contributed by atoms with Crippen molar-refractivity contribution in [1.29, 1.82) is 0 Å². The predicted molar refractivity (Wildman–Crippen MR) is 79.8 cm³/mol. The average molecular weight is 286 g/mol. The van der Waals surface area contributed by atoms with Crippen LogP contribution in [-0.4, -0.2) is 37.5 Å². The van der Waals surface area contributed by atoms with Crippen LogP contribution in [0.15, 0.2) is 0 Å². The molecule has 4 nitrogen and oxygen atoms in total. The number of hydrogen-bond acceptors (Lipinski definition) is 5. The topological polar surface area (TPSA) is 43.4 Å². The summed E-state index contributed by atoms with van der Waals surface area (Å²) in [5, 5.41) is 4.65. The van der Waals surface area contributed by atoms with Crippen LogP contribution in [0.4, 0.5) is 0 Å². The molecule has 0 saturated carbocycles. The van der Waals surface area contributed by atoms with Gasteiger partial charge in [0.2, 0.25) is 0 Å². The number of rotatable bonds is 8. The first-order valence-electron chi connectivity index (χ1n) is 6.69. The lowest BCUT2D eigenvalue weighted by Crippen LogP contribution is -2.34. The minimum absolute atomic E-state index is 0.139. The standard InChI is InChI=1S/C14H26N2O2S/c1-11-12(10-15-14(2,3)4)19-13(16-11)6-7-18-9-8-17-5/h15H,6-10H2,1-5H3. The molecular formula is C14H26N2O2S. The monoisotopic (exact) mass is 286 g/mol. The Morgan fingerprint density at radius 3 is 2.58 bits per heavy atom. The second kappa shape index (κ2) is 7.94. The number of nitrogens with one attached hydrogen (secondary N) is 1. The minimum Gasteiger partial charge on any atom is -0.382 e. The number of aromatic nitrogens is 1. The van der Waals surface area contributed by atoms with Gasteiger partial charge in [-0.2, -0.15) is 0 Å². The van der Waals surface area contributed by atoms with E-state index in [0.717, 1.165) is 23.7 Å². The number of methoxy groups -OCH3 is 1. The van der Waals surface area contributed by atoms with Gasteiger partial charge in [0.25, 0.3) is 0 Å². The van der Waals surface area contributed by atoms with E-state index in [9.17, 15) is 0 Å². The smallest absolute Gasteiger partial charge is 0.0954 e. The lowest BCUT2D eigenvalue weighted by atomic mass is 10.1. The molecule has 5 heteroatoms. The maximum atomic E-state index is 5.47. The molecule has 110 valence electrons. The number of nitrogens with zero attached hydrogens (tertiary/aromatic N) is 1. The molecule has 1 heterocycles. The Morgan fingerprint density at radius 1 is 1.21 bits per heavy atom. The summed E-state index contributed by atoms with van der Waals surface area (Å²) < 4.78 is 10.4. The van der Waals surface area contributed by atoms with Gasteiger partial charge in [-0.15, -0.1) is 11.3 Å². The molecule has 0 radical (unpaired) electrons. The third-order valence-corrected chi connectivity index (χ3v) is 3.83. The highest BCUT2D eigenvalue weighted by Crippen LogP contribution is 2.19. The Hall–Kier alpha value is -0.490. The number of aryl methyl sites for hydroxylation is 1. The first kappa shape index (κ1) is 16.6. The first-order valence-corrected chi connectivity index (χ1v) is 7.51. The summed E-state index contributed by atoms with van der Waals surface area (Å²) in [6, 6.07) is 0. The van der Waals surface area contributed by atoms with E-state index < -0.39 is 0 Å². The van der Waals surface area contributed by atoms with Gasteiger partial charge in [-0.25, -0.2) is 4.98 Å². The van der Waals surface area contributed by atoms with E-state index >= 15 is 0 Å². The van der Waals surface area contributed by atoms with Gasteiger partial charge in [-0.1, -0.05) is 0 Å². The van der Waals surface area contributed by atoms with E-state index in [1.807, 2.05) is 0 Å². The van der Waals surface area contributed by atoms with Crippen molar-refractivity contribution in [1.82, 2.24) is 10.3 Å². The van der Waals surface area contributed by atoms with Gasteiger partial charge in [-0.3, -0.25) is 0 Å². The third-order valence-electron chi connectivity index (χ3n) is 2.61. The molecule has 0 aliphatic rings. The third kappa shape index (κ3) is 7.01. The van der Waals surface area contributed by atoms with Gasteiger partial charge in [0, 0.05) is 30.5 Å². The van der Waals surface area contributed by atoms with Crippen molar-refractivity contribution < 1.29 is 9.47 Å². The molecule has 0 bridgehead atoms. The Labute approximate surface area is 120 Å². The molecule has 0 spiro atoms. The SMILES string of the molecule is COCCOCCc1nc(C)c(CNC(C)(C)C)s1. The summed E-state index contributed by atoms with van der Waals surface area (Å²) in [6.45, 7) is 11.5. The van der Waals surface area contributed by atoms with E-state index in [2.05, 4.69) is 38.0 Å². The highest BCUT2D eigenvalue weighted by Gasteiger charge is 2.12. The Morgan fingerprint density at radius 2 is 1.95 bits per heavy atom. The van der Waals surface area contributed by atoms with Gasteiger partial charge >= 0.3 is 0 Å². The highest BCUT2D eigenvalue weighted by molar-refractivity contribution is 7.11. The summed E-state index contributed by atoms with van der Waals surface area (Å²) in [6.07, 6.45) is 0.880. The minimum atomic E-state index is 0.139. The Bertz CT molecular complexity index is 372. The van der Waals surface area contributed by atoms with Gasteiger partial charge in [-0.05, 0) is 27.7 Å². The second-order valence-electron chi connectivity index (χ2n) is 5.57. The Kier molecular flexibility index (Phi) is 6.93. The molecule has 0 atom stereocenters. The molecule has 0 aliphatic carbocycles. The second-order valence-corrected chi connectivity index (χ2v) is 6.74. The maximum absolute atomic E-state index is 5.47. The molecular weight excluding hydrogens is 260 g/mol. The summed E-state index contributed by atoms with van der Waals surface area (Å²) in [7, 11) is 1.68. The van der Waals surface area contributed by atoms with Crippen LogP contribution in [0.1, 0.15) is 36.3 Å². The van der Waals surface area contributed by atoms with E-state index in [1.54, 1.807) is 18.4 Å². The molecule has 0 aromatic carbocycles. The van der Waals surface area contributed by atoms with E-state index in [0.29, 0.717) is 19.8 Å². The fraction of sp³-hybridized carbons (Fsp3) is 0.786. The fourth-order valence-corrected chi connectivity index (χ4v) is 2.50. The molecule has 1 N–H and O–H groups in total. The first-order chi connectivity index (χ1) is 8.92. The van der Waals surface area contributed by atoms with Crippen LogP contribution < -0.4 is 5.32 Å².